The van der Waals surface area contributed by atoms with Crippen molar-refractivity contribution in [2.24, 2.45) is 11.3 Å². The van der Waals surface area contributed by atoms with Crippen LogP contribution in [0.15, 0.2) is 0 Å². The van der Waals surface area contributed by atoms with E-state index in [1.807, 2.05) is 27.7 Å². The minimum absolute atomic E-state index is 0.0480. The maximum Gasteiger partial charge on any atom is 0.310 e. The van der Waals surface area contributed by atoms with Crippen LogP contribution in [0.5, 0.6) is 0 Å². The molecule has 0 aliphatic heterocycles. The zero-order valence-electron chi connectivity index (χ0n) is 13.6. The van der Waals surface area contributed by atoms with Crippen LogP contribution in [-0.2, 0) is 11.2 Å². The molecule has 0 aromatic carbocycles. The highest BCUT2D eigenvalue weighted by molar-refractivity contribution is 5.74. The molecule has 118 valence electrons. The van der Waals surface area contributed by atoms with E-state index in [4.69, 9.17) is 0 Å². The van der Waals surface area contributed by atoms with Crippen molar-refractivity contribution in [1.29, 1.82) is 0 Å². The summed E-state index contributed by atoms with van der Waals surface area (Å²) in [6.07, 6.45) is 6.52. The van der Waals surface area contributed by atoms with Gasteiger partial charge >= 0.3 is 5.97 Å². The van der Waals surface area contributed by atoms with Crippen LogP contribution in [-0.4, -0.2) is 25.8 Å². The minimum atomic E-state index is -0.800. The van der Waals surface area contributed by atoms with Crippen molar-refractivity contribution in [1.82, 2.24) is 14.8 Å². The molecule has 1 N–H and O–H groups in total. The molecular weight excluding hydrogens is 266 g/mol. The molecule has 1 heterocycles. The first-order valence-electron chi connectivity index (χ1n) is 8.00. The normalized spacial score (nSPS) is 19.7. The van der Waals surface area contributed by atoms with E-state index < -0.39 is 11.4 Å². The molecule has 1 aliphatic carbocycles. The maximum atomic E-state index is 11.7. The second kappa shape index (κ2) is 6.16. The van der Waals surface area contributed by atoms with Crippen LogP contribution in [0.1, 0.15) is 70.6 Å². The van der Waals surface area contributed by atoms with Gasteiger partial charge in [0.05, 0.1) is 5.41 Å². The van der Waals surface area contributed by atoms with Crippen molar-refractivity contribution in [2.75, 3.05) is 0 Å². The zero-order valence-corrected chi connectivity index (χ0v) is 13.6. The Kier molecular flexibility index (Phi) is 4.69. The molecule has 0 spiro atoms. The first kappa shape index (κ1) is 16.0. The van der Waals surface area contributed by atoms with E-state index in [9.17, 15) is 9.90 Å². The first-order valence-corrected chi connectivity index (χ1v) is 8.00. The van der Waals surface area contributed by atoms with Gasteiger partial charge in [-0.1, -0.05) is 33.1 Å². The maximum absolute atomic E-state index is 11.7. The van der Waals surface area contributed by atoms with Crippen molar-refractivity contribution in [3.63, 3.8) is 0 Å². The number of hydrogen-bond acceptors (Lipinski definition) is 3. The SMILES string of the molecule is Cc1nnc(CC(C)(C(=O)O)C(C)C)n1C1CCCCC1. The topological polar surface area (TPSA) is 68.0 Å². The van der Waals surface area contributed by atoms with Gasteiger partial charge in [0.15, 0.2) is 0 Å². The minimum Gasteiger partial charge on any atom is -0.481 e. The molecule has 1 aromatic heterocycles. The summed E-state index contributed by atoms with van der Waals surface area (Å²) in [6, 6.07) is 0.439. The van der Waals surface area contributed by atoms with Crippen molar-refractivity contribution in [3.8, 4) is 0 Å². The fraction of sp³-hybridized carbons (Fsp3) is 0.812. The Balaban J connectivity index is 2.30. The molecule has 21 heavy (non-hydrogen) atoms. The summed E-state index contributed by atoms with van der Waals surface area (Å²) >= 11 is 0. The average Bonchev–Trinajstić information content (AvgIpc) is 2.80. The van der Waals surface area contributed by atoms with E-state index in [0.29, 0.717) is 12.5 Å². The molecule has 0 radical (unpaired) electrons. The highest BCUT2D eigenvalue weighted by atomic mass is 16.4. The Morgan fingerprint density at radius 3 is 2.48 bits per heavy atom. The summed E-state index contributed by atoms with van der Waals surface area (Å²) in [7, 11) is 0. The summed E-state index contributed by atoms with van der Waals surface area (Å²) in [5.74, 6) is 1.03. The van der Waals surface area contributed by atoms with Gasteiger partial charge in [0.25, 0.3) is 0 Å². The highest BCUT2D eigenvalue weighted by Gasteiger charge is 2.39. The van der Waals surface area contributed by atoms with Crippen LogP contribution >= 0.6 is 0 Å². The van der Waals surface area contributed by atoms with E-state index in [-0.39, 0.29) is 5.92 Å². The lowest BCUT2D eigenvalue weighted by Gasteiger charge is -2.31. The van der Waals surface area contributed by atoms with Crippen LogP contribution in [0.25, 0.3) is 0 Å². The number of aromatic nitrogens is 3. The van der Waals surface area contributed by atoms with Gasteiger partial charge in [-0.05, 0) is 32.6 Å². The molecule has 0 bridgehead atoms. The lowest BCUT2D eigenvalue weighted by atomic mass is 9.76. The van der Waals surface area contributed by atoms with Crippen LogP contribution in [0.3, 0.4) is 0 Å². The predicted molar refractivity (Wildman–Crippen MR) is 81.2 cm³/mol. The molecule has 1 aromatic rings. The number of carboxylic acid groups (broad SMARTS) is 1. The van der Waals surface area contributed by atoms with Crippen LogP contribution in [0.4, 0.5) is 0 Å². The lowest BCUT2D eigenvalue weighted by Crippen LogP contribution is -2.36. The average molecular weight is 293 g/mol. The van der Waals surface area contributed by atoms with E-state index >= 15 is 0 Å². The number of carbonyl (C=O) groups is 1. The number of aryl methyl sites for hydroxylation is 1. The predicted octanol–water partition coefficient (Wildman–Crippen LogP) is 3.38. The number of aliphatic carboxylic acids is 1. The molecule has 5 nitrogen and oxygen atoms in total. The molecule has 1 aliphatic rings. The van der Waals surface area contributed by atoms with Gasteiger partial charge in [0, 0.05) is 12.5 Å². The van der Waals surface area contributed by atoms with Gasteiger partial charge in [0.2, 0.25) is 0 Å². The van der Waals surface area contributed by atoms with E-state index in [0.717, 1.165) is 24.5 Å². The smallest absolute Gasteiger partial charge is 0.310 e. The van der Waals surface area contributed by atoms with Crippen molar-refractivity contribution in [2.45, 2.75) is 72.3 Å². The number of nitrogens with zero attached hydrogens (tertiary/aromatic N) is 3. The molecule has 1 fully saturated rings. The fourth-order valence-electron chi connectivity index (χ4n) is 3.20. The summed E-state index contributed by atoms with van der Waals surface area (Å²) in [6.45, 7) is 7.71. The van der Waals surface area contributed by atoms with Gasteiger partial charge in [-0.15, -0.1) is 10.2 Å². The molecule has 0 amide bonds. The van der Waals surface area contributed by atoms with Crippen LogP contribution in [0.2, 0.25) is 0 Å². The highest BCUT2D eigenvalue weighted by Crippen LogP contribution is 2.35. The molecule has 2 rings (SSSR count). The largest absolute Gasteiger partial charge is 0.481 e. The Morgan fingerprint density at radius 2 is 1.95 bits per heavy atom. The molecule has 1 unspecified atom stereocenters. The fourth-order valence-corrected chi connectivity index (χ4v) is 3.20. The van der Waals surface area contributed by atoms with Crippen molar-refractivity contribution >= 4 is 5.97 Å². The number of hydrogen-bond donors (Lipinski definition) is 1. The van der Waals surface area contributed by atoms with Gasteiger partial charge in [-0.3, -0.25) is 4.79 Å². The molecular formula is C16H27N3O2. The third-order valence-electron chi connectivity index (χ3n) is 5.16. The standard InChI is InChI=1S/C16H27N3O2/c1-11(2)16(4,15(20)21)10-14-18-17-12(3)19(14)13-8-6-5-7-9-13/h11,13H,5-10H2,1-4H3,(H,20,21). The first-order chi connectivity index (χ1) is 9.86. The van der Waals surface area contributed by atoms with Gasteiger partial charge in [0.1, 0.15) is 11.6 Å². The van der Waals surface area contributed by atoms with Crippen molar-refractivity contribution in [3.05, 3.63) is 11.6 Å². The van der Waals surface area contributed by atoms with Gasteiger partial charge in [-0.2, -0.15) is 0 Å². The molecule has 0 saturated heterocycles. The summed E-state index contributed by atoms with van der Waals surface area (Å²) < 4.78 is 2.20. The van der Waals surface area contributed by atoms with Gasteiger partial charge < -0.3 is 9.67 Å². The van der Waals surface area contributed by atoms with Crippen LogP contribution < -0.4 is 0 Å². The van der Waals surface area contributed by atoms with E-state index in [1.165, 1.54) is 19.3 Å². The Labute approximate surface area is 126 Å². The summed E-state index contributed by atoms with van der Waals surface area (Å²) in [5.41, 5.74) is -0.800. The summed E-state index contributed by atoms with van der Waals surface area (Å²) in [5, 5.41) is 18.1. The number of rotatable bonds is 5. The van der Waals surface area contributed by atoms with Gasteiger partial charge in [-0.25, -0.2) is 0 Å². The Morgan fingerprint density at radius 1 is 1.33 bits per heavy atom. The quantitative estimate of drug-likeness (QED) is 0.903. The number of carboxylic acids is 1. The molecule has 1 atom stereocenters. The van der Waals surface area contributed by atoms with E-state index in [1.54, 1.807) is 0 Å². The second-order valence-corrected chi connectivity index (χ2v) is 6.88. The Bertz CT molecular complexity index is 504. The zero-order chi connectivity index (χ0) is 15.6. The van der Waals surface area contributed by atoms with E-state index in [2.05, 4.69) is 14.8 Å². The lowest BCUT2D eigenvalue weighted by molar-refractivity contribution is -0.150. The van der Waals surface area contributed by atoms with Crippen molar-refractivity contribution < 1.29 is 9.90 Å². The third-order valence-corrected chi connectivity index (χ3v) is 5.16. The summed E-state index contributed by atoms with van der Waals surface area (Å²) in [4.78, 5) is 11.7. The van der Waals surface area contributed by atoms with Crippen LogP contribution in [0, 0.1) is 18.3 Å². The molecule has 1 saturated carbocycles. The third kappa shape index (κ3) is 3.11. The Hall–Kier alpha value is -1.39. The monoisotopic (exact) mass is 293 g/mol. The molecule has 5 heteroatoms. The second-order valence-electron chi connectivity index (χ2n) is 6.88.